The maximum atomic E-state index is 11.4. The highest BCUT2D eigenvalue weighted by atomic mass is 16.1. The molecule has 108 valence electrons. The second-order valence-corrected chi connectivity index (χ2v) is 7.31. The summed E-state index contributed by atoms with van der Waals surface area (Å²) in [6.07, 6.45) is 9.69. The van der Waals surface area contributed by atoms with E-state index in [4.69, 9.17) is 5.84 Å². The lowest BCUT2D eigenvalue weighted by molar-refractivity contribution is -0.0478. The number of aromatic nitrogens is 2. The topological polar surface area (TPSA) is 75.0 Å². The Morgan fingerprint density at radius 2 is 1.85 bits per heavy atom. The van der Waals surface area contributed by atoms with Gasteiger partial charge in [-0.25, -0.2) is 10.8 Å². The molecule has 0 unspecified atom stereocenters. The predicted molar refractivity (Wildman–Crippen MR) is 77.0 cm³/mol. The number of aromatic amines is 1. The highest BCUT2D eigenvalue weighted by Gasteiger charge is 2.51. The number of hydrogen-bond acceptors (Lipinski definition) is 4. The number of nitrogens with one attached hydrogen (secondary N) is 1. The number of hydrogen-bond donors (Lipinski definition) is 2. The Hall–Kier alpha value is -1.36. The van der Waals surface area contributed by atoms with Crippen LogP contribution in [-0.2, 0) is 0 Å². The number of nitrogens with two attached hydrogens (primary N) is 1. The van der Waals surface area contributed by atoms with Gasteiger partial charge in [0, 0.05) is 12.6 Å². The summed E-state index contributed by atoms with van der Waals surface area (Å²) < 4.78 is 0. The molecule has 5 nitrogen and oxygen atoms in total. The van der Waals surface area contributed by atoms with Crippen molar-refractivity contribution in [2.24, 2.45) is 29.0 Å². The molecule has 4 aliphatic rings. The molecule has 4 bridgehead atoms. The Labute approximate surface area is 118 Å². The molecule has 20 heavy (non-hydrogen) atoms. The first-order chi connectivity index (χ1) is 9.62. The van der Waals surface area contributed by atoms with Gasteiger partial charge in [-0.2, -0.15) is 0 Å². The Kier molecular flexibility index (Phi) is 2.67. The van der Waals surface area contributed by atoms with Crippen LogP contribution in [-0.4, -0.2) is 16.5 Å². The summed E-state index contributed by atoms with van der Waals surface area (Å²) >= 11 is 0. The minimum atomic E-state index is -0.143. The second kappa shape index (κ2) is 4.32. The quantitative estimate of drug-likeness (QED) is 0.649. The molecule has 0 aromatic carbocycles. The zero-order valence-corrected chi connectivity index (χ0v) is 11.7. The van der Waals surface area contributed by atoms with Crippen LogP contribution in [0.4, 0.5) is 5.82 Å². The van der Waals surface area contributed by atoms with Gasteiger partial charge in [-0.05, 0) is 61.7 Å². The van der Waals surface area contributed by atoms with Crippen molar-refractivity contribution in [3.8, 4) is 0 Å². The molecule has 0 radical (unpaired) electrons. The fourth-order valence-corrected chi connectivity index (χ4v) is 5.44. The Morgan fingerprint density at radius 1 is 1.25 bits per heavy atom. The number of rotatable bonds is 3. The van der Waals surface area contributed by atoms with E-state index in [9.17, 15) is 4.79 Å². The van der Waals surface area contributed by atoms with E-state index < -0.39 is 0 Å². The first-order valence-corrected chi connectivity index (χ1v) is 7.69. The highest BCUT2D eigenvalue weighted by molar-refractivity contribution is 5.34. The number of anilines is 1. The van der Waals surface area contributed by atoms with Crippen molar-refractivity contribution in [1.29, 1.82) is 0 Å². The summed E-state index contributed by atoms with van der Waals surface area (Å²) in [5.74, 6) is 9.55. The number of H-pyrrole nitrogens is 1. The van der Waals surface area contributed by atoms with Crippen LogP contribution in [0.2, 0.25) is 0 Å². The van der Waals surface area contributed by atoms with Gasteiger partial charge in [0.2, 0.25) is 0 Å². The Morgan fingerprint density at radius 3 is 2.40 bits per heavy atom. The molecule has 3 N–H and O–H groups in total. The minimum absolute atomic E-state index is 0.143. The van der Waals surface area contributed by atoms with E-state index in [0.717, 1.165) is 24.3 Å². The van der Waals surface area contributed by atoms with Gasteiger partial charge in [-0.3, -0.25) is 9.80 Å². The third kappa shape index (κ3) is 2.04. The molecule has 0 amide bonds. The van der Waals surface area contributed by atoms with Gasteiger partial charge < -0.3 is 4.98 Å². The van der Waals surface area contributed by atoms with Gasteiger partial charge in [0.25, 0.3) is 5.56 Å². The molecule has 4 fully saturated rings. The van der Waals surface area contributed by atoms with Crippen LogP contribution < -0.4 is 16.4 Å². The molecular formula is C15H22N4O. The summed E-state index contributed by atoms with van der Waals surface area (Å²) in [6, 6.07) is 1.49. The molecule has 1 heterocycles. The molecule has 5 rings (SSSR count). The third-order valence-electron chi connectivity index (χ3n) is 5.63. The third-order valence-corrected chi connectivity index (χ3v) is 5.63. The Bertz CT molecular complexity index is 532. The van der Waals surface area contributed by atoms with Crippen molar-refractivity contribution in [3.63, 3.8) is 0 Å². The monoisotopic (exact) mass is 274 g/mol. The molecule has 1 aromatic heterocycles. The Balaban J connectivity index is 1.55. The molecule has 0 aliphatic heterocycles. The summed E-state index contributed by atoms with van der Waals surface area (Å²) in [6.45, 7) is 0.840. The first kappa shape index (κ1) is 12.4. The maximum Gasteiger partial charge on any atom is 0.252 e. The van der Waals surface area contributed by atoms with E-state index in [1.54, 1.807) is 5.01 Å². The van der Waals surface area contributed by atoms with E-state index >= 15 is 0 Å². The van der Waals surface area contributed by atoms with E-state index in [1.807, 2.05) is 0 Å². The molecule has 0 saturated heterocycles. The van der Waals surface area contributed by atoms with Gasteiger partial charge in [0.1, 0.15) is 5.82 Å². The van der Waals surface area contributed by atoms with Gasteiger partial charge in [-0.1, -0.05) is 0 Å². The van der Waals surface area contributed by atoms with Crippen LogP contribution in [0, 0.1) is 23.2 Å². The van der Waals surface area contributed by atoms with E-state index in [-0.39, 0.29) is 5.56 Å². The largest absolute Gasteiger partial charge is 0.313 e. The lowest BCUT2D eigenvalue weighted by Crippen LogP contribution is -2.53. The van der Waals surface area contributed by atoms with Crippen LogP contribution in [0.25, 0.3) is 0 Å². The van der Waals surface area contributed by atoms with Crippen molar-refractivity contribution in [1.82, 2.24) is 9.97 Å². The molecular weight excluding hydrogens is 252 g/mol. The van der Waals surface area contributed by atoms with Crippen molar-refractivity contribution in [2.75, 3.05) is 11.6 Å². The zero-order chi connectivity index (χ0) is 13.7. The fraction of sp³-hybridized carbons (Fsp3) is 0.733. The summed E-state index contributed by atoms with van der Waals surface area (Å²) in [7, 11) is 0. The van der Waals surface area contributed by atoms with Crippen LogP contribution in [0.15, 0.2) is 17.2 Å². The van der Waals surface area contributed by atoms with Crippen molar-refractivity contribution in [3.05, 3.63) is 22.7 Å². The van der Waals surface area contributed by atoms with Crippen LogP contribution in [0.3, 0.4) is 0 Å². The molecule has 4 aliphatic carbocycles. The standard InChI is InChI=1S/C15H22N4O/c16-19(13-4-14(20)18-9-17-13)8-15-5-10-1-11(6-15)3-12(2-10)7-15/h4,9-12H,1-3,5-8,16H2,(H,17,18,20). The van der Waals surface area contributed by atoms with Crippen LogP contribution in [0.5, 0.6) is 0 Å². The fourth-order valence-electron chi connectivity index (χ4n) is 5.44. The first-order valence-electron chi connectivity index (χ1n) is 7.69. The SMILES string of the molecule is NN(CC12CC3CC(CC(C3)C1)C2)c1cc(=O)[nH]cn1. The van der Waals surface area contributed by atoms with Gasteiger partial charge in [-0.15, -0.1) is 0 Å². The van der Waals surface area contributed by atoms with Gasteiger partial charge in [0.05, 0.1) is 6.33 Å². The normalized spacial score (nSPS) is 38.1. The smallest absolute Gasteiger partial charge is 0.252 e. The van der Waals surface area contributed by atoms with Gasteiger partial charge >= 0.3 is 0 Å². The van der Waals surface area contributed by atoms with Crippen molar-refractivity contribution >= 4 is 5.82 Å². The molecule has 5 heteroatoms. The lowest BCUT2D eigenvalue weighted by Gasteiger charge is -2.57. The summed E-state index contributed by atoms with van der Waals surface area (Å²) in [5.41, 5.74) is 0.226. The second-order valence-electron chi connectivity index (χ2n) is 7.31. The lowest BCUT2D eigenvalue weighted by atomic mass is 9.49. The summed E-state index contributed by atoms with van der Waals surface area (Å²) in [4.78, 5) is 18.1. The van der Waals surface area contributed by atoms with E-state index in [2.05, 4.69) is 9.97 Å². The molecule has 4 saturated carbocycles. The average Bonchev–Trinajstić information content (AvgIpc) is 2.36. The highest BCUT2D eigenvalue weighted by Crippen LogP contribution is 2.60. The molecule has 1 aromatic rings. The van der Waals surface area contributed by atoms with E-state index in [0.29, 0.717) is 11.2 Å². The number of hydrazine groups is 1. The summed E-state index contributed by atoms with van der Waals surface area (Å²) in [5, 5.41) is 1.70. The van der Waals surface area contributed by atoms with Crippen LogP contribution >= 0.6 is 0 Å². The number of nitrogens with zero attached hydrogens (tertiary/aromatic N) is 2. The molecule has 0 atom stereocenters. The molecule has 0 spiro atoms. The average molecular weight is 274 g/mol. The predicted octanol–water partition coefficient (Wildman–Crippen LogP) is 1.67. The van der Waals surface area contributed by atoms with E-state index in [1.165, 1.54) is 50.9 Å². The van der Waals surface area contributed by atoms with Crippen molar-refractivity contribution < 1.29 is 0 Å². The van der Waals surface area contributed by atoms with Crippen LogP contribution in [0.1, 0.15) is 38.5 Å². The maximum absolute atomic E-state index is 11.4. The minimum Gasteiger partial charge on any atom is -0.313 e. The van der Waals surface area contributed by atoms with Gasteiger partial charge in [0.15, 0.2) is 0 Å². The zero-order valence-electron chi connectivity index (χ0n) is 11.7. The van der Waals surface area contributed by atoms with Crippen molar-refractivity contribution in [2.45, 2.75) is 38.5 Å².